The Morgan fingerprint density at radius 2 is 1.96 bits per heavy atom. The first kappa shape index (κ1) is 19.3. The van der Waals surface area contributed by atoms with E-state index in [1.807, 2.05) is 25.9 Å². The summed E-state index contributed by atoms with van der Waals surface area (Å²) >= 11 is 0. The van der Waals surface area contributed by atoms with Gasteiger partial charge in [0, 0.05) is 11.7 Å². The topological polar surface area (TPSA) is 77.7 Å². The average molecular weight is 361 g/mol. The van der Waals surface area contributed by atoms with Crippen molar-refractivity contribution in [2.45, 2.75) is 38.2 Å². The summed E-state index contributed by atoms with van der Waals surface area (Å²) in [5, 5.41) is 11.8. The Balaban J connectivity index is 1.91. The Kier molecular flexibility index (Phi) is 6.09. The number of nitrogens with one attached hydrogen (secondary N) is 4. The van der Waals surface area contributed by atoms with E-state index < -0.39 is 12.4 Å². The van der Waals surface area contributed by atoms with Crippen LogP contribution in [0.25, 0.3) is 0 Å². The number of carbonyl (C=O) groups excluding carboxylic acids is 1. The summed E-state index contributed by atoms with van der Waals surface area (Å²) in [6.07, 6.45) is -4.13. The highest BCUT2D eigenvalue weighted by Crippen LogP contribution is 2.23. The summed E-state index contributed by atoms with van der Waals surface area (Å²) in [6.45, 7) is 2.02. The second-order valence-corrected chi connectivity index (χ2v) is 5.85. The Morgan fingerprint density at radius 3 is 2.52 bits per heavy atom. The molecule has 1 saturated heterocycles. The predicted octanol–water partition coefficient (Wildman–Crippen LogP) is 1.85. The highest BCUT2D eigenvalue weighted by molar-refractivity contribution is 5.89. The molecule has 1 aliphatic rings. The van der Waals surface area contributed by atoms with Gasteiger partial charge < -0.3 is 20.7 Å². The molecule has 7 nitrogen and oxygen atoms in total. The zero-order valence-corrected chi connectivity index (χ0v) is 14.1. The summed E-state index contributed by atoms with van der Waals surface area (Å²) in [7, 11) is 3.72. The number of anilines is 1. The van der Waals surface area contributed by atoms with Crippen LogP contribution in [0.5, 0.6) is 5.75 Å². The highest BCUT2D eigenvalue weighted by Gasteiger charge is 2.32. The molecule has 3 atom stereocenters. The molecular weight excluding hydrogens is 339 g/mol. The lowest BCUT2D eigenvalue weighted by Gasteiger charge is -2.43. The minimum absolute atomic E-state index is 0.111. The molecule has 10 heteroatoms. The largest absolute Gasteiger partial charge is 0.573 e. The van der Waals surface area contributed by atoms with E-state index in [4.69, 9.17) is 0 Å². The molecule has 0 aliphatic carbocycles. The standard InChI is InChI=1S/C15H22F3N5O2/c1-9-8-12(19-2)23(3)13(20-9)22-14(24)21-10-4-6-11(7-5-10)25-15(16,17)18/h4-7,9,12-13,19-20H,8H2,1-3H3,(H2,21,22,24). The summed E-state index contributed by atoms with van der Waals surface area (Å²) in [5.41, 5.74) is 0.351. The number of nitrogens with zero attached hydrogens (tertiary/aromatic N) is 1. The smallest absolute Gasteiger partial charge is 0.406 e. The fourth-order valence-corrected chi connectivity index (χ4v) is 2.63. The molecule has 0 aromatic heterocycles. The molecule has 0 bridgehead atoms. The van der Waals surface area contributed by atoms with Crippen molar-refractivity contribution in [1.82, 2.24) is 20.9 Å². The van der Waals surface area contributed by atoms with Gasteiger partial charge in [0.2, 0.25) is 0 Å². The van der Waals surface area contributed by atoms with Crippen LogP contribution in [0.3, 0.4) is 0 Å². The van der Waals surface area contributed by atoms with Crippen molar-refractivity contribution in [2.24, 2.45) is 0 Å². The third-order valence-corrected chi connectivity index (χ3v) is 3.86. The summed E-state index contributed by atoms with van der Waals surface area (Å²) < 4.78 is 40.1. The lowest BCUT2D eigenvalue weighted by atomic mass is 10.1. The summed E-state index contributed by atoms with van der Waals surface area (Å²) in [6, 6.07) is 4.66. The third-order valence-electron chi connectivity index (χ3n) is 3.86. The second-order valence-electron chi connectivity index (χ2n) is 5.85. The van der Waals surface area contributed by atoms with Gasteiger partial charge in [0.05, 0.1) is 6.17 Å². The van der Waals surface area contributed by atoms with Gasteiger partial charge in [0.25, 0.3) is 0 Å². The first-order valence-electron chi connectivity index (χ1n) is 7.76. The maximum atomic E-state index is 12.1. The Morgan fingerprint density at radius 1 is 1.32 bits per heavy atom. The molecule has 25 heavy (non-hydrogen) atoms. The zero-order valence-electron chi connectivity index (χ0n) is 14.1. The van der Waals surface area contributed by atoms with Crippen LogP contribution < -0.4 is 26.0 Å². The molecule has 0 spiro atoms. The van der Waals surface area contributed by atoms with Gasteiger partial charge >= 0.3 is 12.4 Å². The Bertz CT molecular complexity index is 582. The van der Waals surface area contributed by atoms with Crippen molar-refractivity contribution in [3.8, 4) is 5.75 Å². The van der Waals surface area contributed by atoms with Crippen LogP contribution in [0.15, 0.2) is 24.3 Å². The summed E-state index contributed by atoms with van der Waals surface area (Å²) in [5.74, 6) is -0.349. The van der Waals surface area contributed by atoms with E-state index in [0.717, 1.165) is 18.6 Å². The minimum Gasteiger partial charge on any atom is -0.406 e. The van der Waals surface area contributed by atoms with Gasteiger partial charge in [-0.25, -0.2) is 4.79 Å². The Hall–Kier alpha value is -2.04. The van der Waals surface area contributed by atoms with E-state index in [9.17, 15) is 18.0 Å². The van der Waals surface area contributed by atoms with E-state index in [1.54, 1.807) is 0 Å². The number of hydrogen-bond donors (Lipinski definition) is 4. The number of alkyl halides is 3. The van der Waals surface area contributed by atoms with Crippen LogP contribution in [-0.2, 0) is 0 Å². The molecular formula is C15H22F3N5O2. The van der Waals surface area contributed by atoms with E-state index in [-0.39, 0.29) is 24.2 Å². The number of carbonyl (C=O) groups is 1. The maximum absolute atomic E-state index is 12.1. The molecule has 2 amide bonds. The van der Waals surface area contributed by atoms with E-state index in [0.29, 0.717) is 5.69 Å². The second kappa shape index (κ2) is 7.89. The van der Waals surface area contributed by atoms with Crippen LogP contribution in [-0.4, -0.2) is 49.9 Å². The van der Waals surface area contributed by atoms with Gasteiger partial charge in [0.1, 0.15) is 12.0 Å². The molecule has 1 heterocycles. The van der Waals surface area contributed by atoms with Gasteiger partial charge in [-0.15, -0.1) is 13.2 Å². The monoisotopic (exact) mass is 361 g/mol. The van der Waals surface area contributed by atoms with E-state index in [1.165, 1.54) is 12.1 Å². The highest BCUT2D eigenvalue weighted by atomic mass is 19.4. The number of rotatable bonds is 4. The van der Waals surface area contributed by atoms with Crippen molar-refractivity contribution in [3.63, 3.8) is 0 Å². The normalized spacial score (nSPS) is 24.6. The molecule has 1 aromatic carbocycles. The number of urea groups is 1. The lowest BCUT2D eigenvalue weighted by molar-refractivity contribution is -0.274. The fourth-order valence-electron chi connectivity index (χ4n) is 2.63. The molecule has 0 saturated carbocycles. The first-order chi connectivity index (χ1) is 11.7. The molecule has 3 unspecified atom stereocenters. The first-order valence-corrected chi connectivity index (χ1v) is 7.76. The quantitative estimate of drug-likeness (QED) is 0.658. The van der Waals surface area contributed by atoms with Crippen LogP contribution in [0, 0.1) is 0 Å². The number of halogens is 3. The SMILES string of the molecule is CNC1CC(C)NC(NC(=O)Nc2ccc(OC(F)(F)F)cc2)N1C. The van der Waals surface area contributed by atoms with Crippen molar-refractivity contribution in [3.05, 3.63) is 24.3 Å². The zero-order chi connectivity index (χ0) is 18.6. The summed E-state index contributed by atoms with van der Waals surface area (Å²) in [4.78, 5) is 14.1. The number of amides is 2. The van der Waals surface area contributed by atoms with Gasteiger partial charge in [-0.05, 0) is 51.7 Å². The van der Waals surface area contributed by atoms with Gasteiger partial charge in [0.15, 0.2) is 0 Å². The minimum atomic E-state index is -4.75. The van der Waals surface area contributed by atoms with E-state index in [2.05, 4.69) is 26.0 Å². The number of hydrogen-bond acceptors (Lipinski definition) is 5. The van der Waals surface area contributed by atoms with Crippen molar-refractivity contribution in [2.75, 3.05) is 19.4 Å². The van der Waals surface area contributed by atoms with Crippen molar-refractivity contribution in [1.29, 1.82) is 0 Å². The fraction of sp³-hybridized carbons (Fsp3) is 0.533. The predicted molar refractivity (Wildman–Crippen MR) is 86.9 cm³/mol. The van der Waals surface area contributed by atoms with Crippen LogP contribution in [0.1, 0.15) is 13.3 Å². The molecule has 1 aliphatic heterocycles. The number of benzene rings is 1. The van der Waals surface area contributed by atoms with Gasteiger partial charge in [-0.2, -0.15) is 0 Å². The lowest BCUT2D eigenvalue weighted by Crippen LogP contribution is -2.67. The number of ether oxygens (including phenoxy) is 1. The molecule has 140 valence electrons. The van der Waals surface area contributed by atoms with Crippen LogP contribution in [0.4, 0.5) is 23.7 Å². The third kappa shape index (κ3) is 5.76. The molecule has 1 aromatic rings. The Labute approximate surface area is 143 Å². The van der Waals surface area contributed by atoms with Crippen molar-refractivity contribution < 1.29 is 22.7 Å². The van der Waals surface area contributed by atoms with Crippen LogP contribution >= 0.6 is 0 Å². The van der Waals surface area contributed by atoms with E-state index >= 15 is 0 Å². The molecule has 2 rings (SSSR count). The van der Waals surface area contributed by atoms with Crippen LogP contribution in [0.2, 0.25) is 0 Å². The molecule has 1 fully saturated rings. The van der Waals surface area contributed by atoms with Gasteiger partial charge in [-0.1, -0.05) is 0 Å². The molecule has 0 radical (unpaired) electrons. The average Bonchev–Trinajstić information content (AvgIpc) is 2.51. The maximum Gasteiger partial charge on any atom is 0.573 e. The van der Waals surface area contributed by atoms with Gasteiger partial charge in [-0.3, -0.25) is 10.2 Å². The molecule has 4 N–H and O–H groups in total. The van der Waals surface area contributed by atoms with Crippen molar-refractivity contribution >= 4 is 11.7 Å².